The first-order valence-electron chi connectivity index (χ1n) is 14.8. The van der Waals surface area contributed by atoms with Gasteiger partial charge in [-0.3, -0.25) is 9.35 Å². The van der Waals surface area contributed by atoms with Gasteiger partial charge in [0.25, 0.3) is 16.0 Å². The minimum atomic E-state index is -4.17. The van der Waals surface area contributed by atoms with E-state index in [1.54, 1.807) is 18.2 Å². The second kappa shape index (κ2) is 13.3. The quantitative estimate of drug-likeness (QED) is 0.138. The highest BCUT2D eigenvalue weighted by Crippen LogP contribution is 2.34. The Balaban J connectivity index is 1.42. The van der Waals surface area contributed by atoms with E-state index in [2.05, 4.69) is 55.5 Å². The fourth-order valence-electron chi connectivity index (χ4n) is 5.16. The van der Waals surface area contributed by atoms with Gasteiger partial charge in [-0.2, -0.15) is 8.42 Å². The van der Waals surface area contributed by atoms with Crippen molar-refractivity contribution in [1.29, 1.82) is 0 Å². The monoisotopic (exact) mass is 642 g/mol. The average molecular weight is 643 g/mol. The number of phenolic OH excluding ortho intramolecular Hbond substituents is 1. The van der Waals surface area contributed by atoms with E-state index in [-0.39, 0.29) is 17.9 Å². The van der Waals surface area contributed by atoms with Gasteiger partial charge in [0, 0.05) is 29.7 Å². The van der Waals surface area contributed by atoms with Crippen molar-refractivity contribution in [2.45, 2.75) is 38.5 Å². The van der Waals surface area contributed by atoms with Crippen molar-refractivity contribution in [1.82, 2.24) is 10.5 Å². The third kappa shape index (κ3) is 8.07. The SMILES string of the molecule is CC(C)(C)c1ccc(C(Cc2ccc(C(=O)NCCS(=O)(=O)O)cc2)c2cc(-c3cccc(-c4ccc(O)c(F)c4)c3)on2)cc1. The van der Waals surface area contributed by atoms with Gasteiger partial charge in [-0.05, 0) is 70.0 Å². The molecule has 10 heteroatoms. The maximum Gasteiger partial charge on any atom is 0.266 e. The van der Waals surface area contributed by atoms with Crippen LogP contribution in [0.5, 0.6) is 5.75 Å². The Morgan fingerprint density at radius 1 is 0.913 bits per heavy atom. The summed E-state index contributed by atoms with van der Waals surface area (Å²) in [6.07, 6.45) is 0.554. The van der Waals surface area contributed by atoms with E-state index >= 15 is 0 Å². The normalized spacial score (nSPS) is 12.5. The lowest BCUT2D eigenvalue weighted by atomic mass is 9.83. The standard InChI is InChI=1S/C36H35FN2O6S/c1-36(2,3)29-14-11-24(12-15-29)30(19-23-7-9-25(10-8-23)35(41)38-17-18-46(42,43)44)32-22-34(45-39-32)28-6-4-5-26(20-28)27-13-16-33(40)31(37)21-27/h4-16,20-22,30,40H,17-19H2,1-3H3,(H,38,41)(H,42,43,44). The number of phenols is 1. The van der Waals surface area contributed by atoms with E-state index in [1.165, 1.54) is 17.7 Å². The first kappa shape index (κ1) is 32.6. The van der Waals surface area contributed by atoms with Gasteiger partial charge in [-0.15, -0.1) is 0 Å². The molecule has 1 heterocycles. The number of nitrogens with zero attached hydrogens (tertiary/aromatic N) is 1. The van der Waals surface area contributed by atoms with E-state index in [0.29, 0.717) is 29.0 Å². The Morgan fingerprint density at radius 2 is 1.59 bits per heavy atom. The summed E-state index contributed by atoms with van der Waals surface area (Å²) >= 11 is 0. The molecule has 0 saturated heterocycles. The van der Waals surface area contributed by atoms with Crippen molar-refractivity contribution in [3.63, 3.8) is 0 Å². The molecule has 3 N–H and O–H groups in total. The minimum Gasteiger partial charge on any atom is -0.505 e. The zero-order valence-electron chi connectivity index (χ0n) is 25.7. The number of carbonyl (C=O) groups is 1. The number of halogens is 1. The van der Waals surface area contributed by atoms with Gasteiger partial charge < -0.3 is 14.9 Å². The fourth-order valence-corrected chi connectivity index (χ4v) is 5.52. The topological polar surface area (TPSA) is 130 Å². The molecule has 1 unspecified atom stereocenters. The van der Waals surface area contributed by atoms with Gasteiger partial charge >= 0.3 is 0 Å². The summed E-state index contributed by atoms with van der Waals surface area (Å²) in [6, 6.07) is 29.1. The molecule has 5 aromatic rings. The number of aromatic hydroxyl groups is 1. The van der Waals surface area contributed by atoms with Gasteiger partial charge in [0.15, 0.2) is 17.3 Å². The molecule has 5 rings (SSSR count). The third-order valence-electron chi connectivity index (χ3n) is 7.79. The molecule has 0 fully saturated rings. The zero-order chi connectivity index (χ0) is 33.1. The van der Waals surface area contributed by atoms with Crippen molar-refractivity contribution in [2.24, 2.45) is 0 Å². The van der Waals surface area contributed by atoms with Crippen LogP contribution in [-0.4, -0.2) is 41.4 Å². The summed E-state index contributed by atoms with van der Waals surface area (Å²) < 4.78 is 50.7. The third-order valence-corrected chi connectivity index (χ3v) is 8.51. The second-order valence-corrected chi connectivity index (χ2v) is 13.8. The molecule has 0 aliphatic rings. The minimum absolute atomic E-state index is 0.0156. The van der Waals surface area contributed by atoms with Gasteiger partial charge in [-0.1, -0.05) is 86.6 Å². The van der Waals surface area contributed by atoms with Gasteiger partial charge in [0.05, 0.1) is 11.4 Å². The van der Waals surface area contributed by atoms with Crippen LogP contribution in [0.1, 0.15) is 59.4 Å². The summed E-state index contributed by atoms with van der Waals surface area (Å²) in [5, 5.41) is 16.5. The molecule has 46 heavy (non-hydrogen) atoms. The highest BCUT2D eigenvalue weighted by molar-refractivity contribution is 7.85. The lowest BCUT2D eigenvalue weighted by Crippen LogP contribution is -2.28. The molecule has 0 aliphatic carbocycles. The molecular formula is C36H35FN2O6S. The van der Waals surface area contributed by atoms with Crippen LogP contribution >= 0.6 is 0 Å². The summed E-state index contributed by atoms with van der Waals surface area (Å²) in [7, 11) is -4.17. The summed E-state index contributed by atoms with van der Waals surface area (Å²) in [5.41, 5.74) is 6.37. The van der Waals surface area contributed by atoms with Crippen LogP contribution in [0.3, 0.4) is 0 Å². The van der Waals surface area contributed by atoms with Crippen molar-refractivity contribution in [2.75, 3.05) is 12.3 Å². The highest BCUT2D eigenvalue weighted by atomic mass is 32.2. The zero-order valence-corrected chi connectivity index (χ0v) is 26.5. The Kier molecular flexibility index (Phi) is 9.41. The van der Waals surface area contributed by atoms with E-state index in [4.69, 9.17) is 9.08 Å². The number of amides is 1. The van der Waals surface area contributed by atoms with Crippen molar-refractivity contribution in [3.8, 4) is 28.2 Å². The number of nitrogens with one attached hydrogen (secondary N) is 1. The molecule has 0 spiro atoms. The van der Waals surface area contributed by atoms with E-state index in [9.17, 15) is 22.7 Å². The van der Waals surface area contributed by atoms with Crippen LogP contribution in [-0.2, 0) is 22.0 Å². The maximum atomic E-state index is 14.0. The highest BCUT2D eigenvalue weighted by Gasteiger charge is 2.22. The number of hydrogen-bond donors (Lipinski definition) is 3. The fraction of sp³-hybridized carbons (Fsp3) is 0.222. The largest absolute Gasteiger partial charge is 0.505 e. The summed E-state index contributed by atoms with van der Waals surface area (Å²) in [5.74, 6) is -1.75. The molecule has 1 aromatic heterocycles. The van der Waals surface area contributed by atoms with Gasteiger partial charge in [-0.25, -0.2) is 4.39 Å². The molecule has 0 saturated carbocycles. The summed E-state index contributed by atoms with van der Waals surface area (Å²) in [4.78, 5) is 12.5. The molecule has 1 amide bonds. The Hall–Kier alpha value is -4.80. The maximum absolute atomic E-state index is 14.0. The first-order chi connectivity index (χ1) is 21.8. The lowest BCUT2D eigenvalue weighted by molar-refractivity contribution is 0.0956. The smallest absolute Gasteiger partial charge is 0.266 e. The van der Waals surface area contributed by atoms with E-state index in [0.717, 1.165) is 22.3 Å². The van der Waals surface area contributed by atoms with Gasteiger partial charge in [0.2, 0.25) is 0 Å². The number of rotatable bonds is 10. The molecule has 8 nitrogen and oxygen atoms in total. The Bertz CT molecular complexity index is 1950. The van der Waals surface area contributed by atoms with Crippen LogP contribution < -0.4 is 5.32 Å². The number of aromatic nitrogens is 1. The van der Waals surface area contributed by atoms with Crippen molar-refractivity contribution >= 4 is 16.0 Å². The van der Waals surface area contributed by atoms with Crippen LogP contribution in [0.25, 0.3) is 22.5 Å². The Labute approximate surface area is 267 Å². The molecule has 1 atom stereocenters. The number of carbonyl (C=O) groups excluding carboxylic acids is 1. The average Bonchev–Trinajstić information content (AvgIpc) is 3.51. The van der Waals surface area contributed by atoms with Crippen molar-refractivity contribution in [3.05, 3.63) is 131 Å². The van der Waals surface area contributed by atoms with Gasteiger partial charge in [0.1, 0.15) is 0 Å². The second-order valence-electron chi connectivity index (χ2n) is 12.2. The molecule has 4 aromatic carbocycles. The molecular weight excluding hydrogens is 607 g/mol. The van der Waals surface area contributed by atoms with E-state index in [1.807, 2.05) is 42.5 Å². The summed E-state index contributed by atoms with van der Waals surface area (Å²) in [6.45, 7) is 6.27. The molecule has 0 radical (unpaired) electrons. The number of hydrogen-bond acceptors (Lipinski definition) is 6. The van der Waals surface area contributed by atoms with Crippen LogP contribution in [0.2, 0.25) is 0 Å². The number of benzene rings is 4. The van der Waals surface area contributed by atoms with Crippen LogP contribution in [0.15, 0.2) is 102 Å². The molecule has 238 valence electrons. The lowest BCUT2D eigenvalue weighted by Gasteiger charge is -2.21. The van der Waals surface area contributed by atoms with E-state index < -0.39 is 33.3 Å². The van der Waals surface area contributed by atoms with Crippen molar-refractivity contribution < 1.29 is 31.8 Å². The first-order valence-corrected chi connectivity index (χ1v) is 16.4. The Morgan fingerprint density at radius 3 is 2.24 bits per heavy atom. The van der Waals surface area contributed by atoms with Crippen LogP contribution in [0.4, 0.5) is 4.39 Å². The van der Waals surface area contributed by atoms with Crippen LogP contribution in [0, 0.1) is 5.82 Å². The predicted octanol–water partition coefficient (Wildman–Crippen LogP) is 7.14. The molecule has 0 bridgehead atoms. The predicted molar refractivity (Wildman–Crippen MR) is 175 cm³/mol. The molecule has 0 aliphatic heterocycles.